The van der Waals surface area contributed by atoms with Crippen LogP contribution in [0, 0.1) is 6.92 Å². The number of fused-ring (bicyclic) bond motifs is 1. The summed E-state index contributed by atoms with van der Waals surface area (Å²) < 4.78 is 0.863. The summed E-state index contributed by atoms with van der Waals surface area (Å²) >= 11 is 13.8. The van der Waals surface area contributed by atoms with Gasteiger partial charge in [0.1, 0.15) is 0 Å². The second kappa shape index (κ2) is 7.87. The van der Waals surface area contributed by atoms with Crippen LogP contribution in [0.3, 0.4) is 0 Å². The number of anilines is 1. The molecule has 140 valence electrons. The van der Waals surface area contributed by atoms with E-state index in [1.807, 2.05) is 37.3 Å². The van der Waals surface area contributed by atoms with Gasteiger partial charge in [-0.3, -0.25) is 14.7 Å². The van der Waals surface area contributed by atoms with E-state index in [-0.39, 0.29) is 5.91 Å². The summed E-state index contributed by atoms with van der Waals surface area (Å²) in [5, 5.41) is 1.70. The van der Waals surface area contributed by atoms with Gasteiger partial charge in [-0.05, 0) is 48.9 Å². The Hall–Kier alpha value is -2.47. The molecule has 0 saturated carbocycles. The summed E-state index contributed by atoms with van der Waals surface area (Å²) in [5.41, 5.74) is 3.07. The maximum Gasteiger partial charge on any atom is 0.260 e. The van der Waals surface area contributed by atoms with Crippen LogP contribution in [0.5, 0.6) is 0 Å². The summed E-state index contributed by atoms with van der Waals surface area (Å²) in [7, 11) is 0. The van der Waals surface area contributed by atoms with Gasteiger partial charge in [0.15, 0.2) is 5.13 Å². The number of aryl methyl sites for hydroxylation is 1. The van der Waals surface area contributed by atoms with Gasteiger partial charge in [0.25, 0.3) is 5.91 Å². The average Bonchev–Trinajstić information content (AvgIpc) is 3.16. The van der Waals surface area contributed by atoms with Crippen molar-refractivity contribution in [3.63, 3.8) is 0 Å². The van der Waals surface area contributed by atoms with E-state index in [0.717, 1.165) is 21.5 Å². The molecule has 4 nitrogen and oxygen atoms in total. The number of halogens is 2. The summed E-state index contributed by atoms with van der Waals surface area (Å²) in [5.74, 6) is -0.194. The lowest BCUT2D eigenvalue weighted by atomic mass is 10.2. The van der Waals surface area contributed by atoms with Gasteiger partial charge in [-0.2, -0.15) is 0 Å². The number of hydrogen-bond acceptors (Lipinski definition) is 4. The van der Waals surface area contributed by atoms with Crippen LogP contribution in [0.2, 0.25) is 10.0 Å². The first-order valence-corrected chi connectivity index (χ1v) is 10.1. The number of aromatic nitrogens is 2. The highest BCUT2D eigenvalue weighted by Gasteiger charge is 2.23. The molecule has 0 bridgehead atoms. The third-order valence-electron chi connectivity index (χ3n) is 4.28. The number of thiazole rings is 1. The van der Waals surface area contributed by atoms with Crippen molar-refractivity contribution in [2.24, 2.45) is 0 Å². The quantitative estimate of drug-likeness (QED) is 0.392. The normalized spacial score (nSPS) is 11.0. The molecular weight excluding hydrogens is 413 g/mol. The maximum atomic E-state index is 13.3. The first-order valence-electron chi connectivity index (χ1n) is 8.56. The van der Waals surface area contributed by atoms with Gasteiger partial charge >= 0.3 is 0 Å². The number of carbonyl (C=O) groups excluding carboxylic acids is 1. The van der Waals surface area contributed by atoms with Crippen molar-refractivity contribution in [3.05, 3.63) is 87.7 Å². The van der Waals surface area contributed by atoms with Crippen molar-refractivity contribution >= 4 is 55.8 Å². The largest absolute Gasteiger partial charge is 0.278 e. The second-order valence-electron chi connectivity index (χ2n) is 6.26. The molecule has 0 aliphatic rings. The Kier molecular flexibility index (Phi) is 5.31. The van der Waals surface area contributed by atoms with Gasteiger partial charge in [0, 0.05) is 16.8 Å². The van der Waals surface area contributed by atoms with E-state index in [1.165, 1.54) is 11.3 Å². The number of hydrogen-bond donors (Lipinski definition) is 0. The molecule has 0 atom stereocenters. The molecule has 0 spiro atoms. The molecule has 0 N–H and O–H groups in total. The molecule has 1 amide bonds. The monoisotopic (exact) mass is 427 g/mol. The van der Waals surface area contributed by atoms with Crippen molar-refractivity contribution in [3.8, 4) is 0 Å². The van der Waals surface area contributed by atoms with Crippen LogP contribution in [0.4, 0.5) is 5.13 Å². The van der Waals surface area contributed by atoms with E-state index >= 15 is 0 Å². The Morgan fingerprint density at radius 2 is 1.96 bits per heavy atom. The van der Waals surface area contributed by atoms with Crippen LogP contribution in [0.15, 0.2) is 60.8 Å². The highest BCUT2D eigenvalue weighted by atomic mass is 35.5. The van der Waals surface area contributed by atoms with Gasteiger partial charge < -0.3 is 0 Å². The van der Waals surface area contributed by atoms with E-state index < -0.39 is 0 Å². The number of carbonyl (C=O) groups is 1. The Labute approximate surface area is 176 Å². The predicted molar refractivity (Wildman–Crippen MR) is 116 cm³/mol. The van der Waals surface area contributed by atoms with E-state index in [4.69, 9.17) is 28.2 Å². The molecule has 28 heavy (non-hydrogen) atoms. The predicted octanol–water partition coefficient (Wildman–Crippen LogP) is 6.15. The molecule has 0 aliphatic heterocycles. The van der Waals surface area contributed by atoms with Gasteiger partial charge in [0.2, 0.25) is 0 Å². The fourth-order valence-electron chi connectivity index (χ4n) is 2.86. The zero-order valence-electron chi connectivity index (χ0n) is 14.9. The van der Waals surface area contributed by atoms with E-state index in [1.54, 1.807) is 35.4 Å². The van der Waals surface area contributed by atoms with Crippen molar-refractivity contribution in [1.29, 1.82) is 0 Å². The lowest BCUT2D eigenvalue weighted by Gasteiger charge is -2.19. The molecule has 4 rings (SSSR count). The third-order valence-corrected chi connectivity index (χ3v) is 6.05. The van der Waals surface area contributed by atoms with Crippen LogP contribution in [-0.2, 0) is 6.54 Å². The fourth-order valence-corrected chi connectivity index (χ4v) is 4.37. The second-order valence-corrected chi connectivity index (χ2v) is 8.08. The highest BCUT2D eigenvalue weighted by Crippen LogP contribution is 2.36. The smallest absolute Gasteiger partial charge is 0.260 e. The number of pyridine rings is 1. The van der Waals surface area contributed by atoms with Crippen molar-refractivity contribution in [2.75, 3.05) is 4.90 Å². The summed E-state index contributed by atoms with van der Waals surface area (Å²) in [6.07, 6.45) is 1.71. The molecule has 0 radical (unpaired) electrons. The standard InChI is InChI=1S/C21H15Cl2N3OS/c1-13-8-9-17(23)19-18(13)25-21(28-19)26(12-16-7-2-3-10-24-16)20(27)14-5-4-6-15(22)11-14/h2-11H,12H2,1H3. The van der Waals surface area contributed by atoms with Crippen LogP contribution in [-0.4, -0.2) is 15.9 Å². The minimum atomic E-state index is -0.194. The topological polar surface area (TPSA) is 46.1 Å². The first-order chi connectivity index (χ1) is 13.5. The molecule has 4 aromatic rings. The summed E-state index contributed by atoms with van der Waals surface area (Å²) in [6, 6.07) is 16.3. The number of amides is 1. The molecular formula is C21H15Cl2N3OS. The van der Waals surface area contributed by atoms with Crippen LogP contribution >= 0.6 is 34.5 Å². The van der Waals surface area contributed by atoms with E-state index in [9.17, 15) is 4.79 Å². The van der Waals surface area contributed by atoms with Crippen LogP contribution in [0.25, 0.3) is 10.2 Å². The number of rotatable bonds is 4. The first kappa shape index (κ1) is 18.9. The van der Waals surface area contributed by atoms with Crippen molar-refractivity contribution in [2.45, 2.75) is 13.5 Å². The van der Waals surface area contributed by atoms with Gasteiger partial charge in [-0.1, -0.05) is 52.7 Å². The summed E-state index contributed by atoms with van der Waals surface area (Å²) in [4.78, 5) is 24.0. The van der Waals surface area contributed by atoms with Crippen LogP contribution in [0.1, 0.15) is 21.6 Å². The van der Waals surface area contributed by atoms with Gasteiger partial charge in [0.05, 0.1) is 27.5 Å². The molecule has 0 aliphatic carbocycles. The average molecular weight is 428 g/mol. The van der Waals surface area contributed by atoms with Crippen molar-refractivity contribution in [1.82, 2.24) is 9.97 Å². The lowest BCUT2D eigenvalue weighted by Crippen LogP contribution is -2.30. The molecule has 0 fully saturated rings. The zero-order valence-corrected chi connectivity index (χ0v) is 17.2. The van der Waals surface area contributed by atoms with Gasteiger partial charge in [-0.25, -0.2) is 4.98 Å². The molecule has 7 heteroatoms. The minimum absolute atomic E-state index is 0.194. The Bertz CT molecular complexity index is 1120. The SMILES string of the molecule is Cc1ccc(Cl)c2sc(N(Cc3ccccn3)C(=O)c3cccc(Cl)c3)nc12. The molecule has 2 aromatic heterocycles. The molecule has 0 saturated heterocycles. The minimum Gasteiger partial charge on any atom is -0.278 e. The summed E-state index contributed by atoms with van der Waals surface area (Å²) in [6.45, 7) is 2.27. The van der Waals surface area contributed by atoms with Crippen LogP contribution < -0.4 is 4.90 Å². The number of nitrogens with zero attached hydrogens (tertiary/aromatic N) is 3. The van der Waals surface area contributed by atoms with Crippen molar-refractivity contribution < 1.29 is 4.79 Å². The lowest BCUT2D eigenvalue weighted by molar-refractivity contribution is 0.0985. The molecule has 0 unspecified atom stereocenters. The Morgan fingerprint density at radius 3 is 2.68 bits per heavy atom. The van der Waals surface area contributed by atoms with E-state index in [2.05, 4.69) is 4.98 Å². The third kappa shape index (κ3) is 3.74. The maximum absolute atomic E-state index is 13.3. The zero-order chi connectivity index (χ0) is 19.7. The highest BCUT2D eigenvalue weighted by molar-refractivity contribution is 7.23. The number of benzene rings is 2. The molecule has 2 aromatic carbocycles. The van der Waals surface area contributed by atoms with Gasteiger partial charge in [-0.15, -0.1) is 0 Å². The fraction of sp³-hybridized carbons (Fsp3) is 0.0952. The Balaban J connectivity index is 1.82. The Morgan fingerprint density at radius 1 is 1.11 bits per heavy atom. The molecule has 2 heterocycles. The van der Waals surface area contributed by atoms with E-state index in [0.29, 0.717) is 27.3 Å².